The van der Waals surface area contributed by atoms with Crippen LogP contribution in [-0.2, 0) is 9.53 Å². The van der Waals surface area contributed by atoms with Gasteiger partial charge in [0.2, 0.25) is 5.91 Å². The number of carbonyl (C=O) groups is 1. The summed E-state index contributed by atoms with van der Waals surface area (Å²) in [6, 6.07) is 3.99. The molecule has 7 nitrogen and oxygen atoms in total. The van der Waals surface area contributed by atoms with Gasteiger partial charge in [0.1, 0.15) is 0 Å². The van der Waals surface area contributed by atoms with Gasteiger partial charge in [0.15, 0.2) is 11.9 Å². The van der Waals surface area contributed by atoms with Gasteiger partial charge < -0.3 is 10.1 Å². The maximum atomic E-state index is 12.0. The van der Waals surface area contributed by atoms with Gasteiger partial charge in [-0.05, 0) is 44.2 Å². The van der Waals surface area contributed by atoms with Crippen molar-refractivity contribution in [3.63, 3.8) is 0 Å². The minimum absolute atomic E-state index is 0.0303. The number of fused-ring (bicyclic) bond motifs is 1. The highest BCUT2D eigenvalue weighted by molar-refractivity contribution is 5.94. The normalized spacial score (nSPS) is 19.9. The molecule has 3 aromatic heterocycles. The van der Waals surface area contributed by atoms with E-state index in [-0.39, 0.29) is 18.1 Å². The predicted octanol–water partition coefficient (Wildman–Crippen LogP) is 3.54. The summed E-state index contributed by atoms with van der Waals surface area (Å²) < 4.78 is 7.71. The van der Waals surface area contributed by atoms with Crippen molar-refractivity contribution in [3.8, 4) is 11.1 Å². The smallest absolute Gasteiger partial charge is 0.227 e. The second-order valence-electron chi connectivity index (χ2n) is 7.27. The first kappa shape index (κ1) is 16.4. The molecular weight excluding hydrogens is 342 g/mol. The van der Waals surface area contributed by atoms with E-state index in [9.17, 15) is 4.79 Å². The second-order valence-corrected chi connectivity index (χ2v) is 7.27. The van der Waals surface area contributed by atoms with Gasteiger partial charge in [-0.15, -0.1) is 0 Å². The number of nitrogens with one attached hydrogen (secondary N) is 1. The third-order valence-electron chi connectivity index (χ3n) is 5.15. The van der Waals surface area contributed by atoms with E-state index in [4.69, 9.17) is 4.74 Å². The Morgan fingerprint density at radius 2 is 1.96 bits per heavy atom. The van der Waals surface area contributed by atoms with Crippen LogP contribution in [-0.4, -0.2) is 32.3 Å². The number of carbonyl (C=O) groups excluding carboxylic acids is 1. The van der Waals surface area contributed by atoms with Crippen LogP contribution < -0.4 is 5.32 Å². The molecule has 1 amide bonds. The first-order valence-corrected chi connectivity index (χ1v) is 9.49. The summed E-state index contributed by atoms with van der Waals surface area (Å²) >= 11 is 0. The number of hydrogen-bond donors (Lipinski definition) is 1. The Morgan fingerprint density at radius 3 is 2.78 bits per heavy atom. The van der Waals surface area contributed by atoms with Crippen molar-refractivity contribution < 1.29 is 9.53 Å². The van der Waals surface area contributed by atoms with Gasteiger partial charge in [-0.25, -0.2) is 9.67 Å². The lowest BCUT2D eigenvalue weighted by Gasteiger charge is -2.22. The van der Waals surface area contributed by atoms with E-state index in [1.165, 1.54) is 0 Å². The summed E-state index contributed by atoms with van der Waals surface area (Å²) in [6.07, 6.45) is 12.3. The molecule has 0 spiro atoms. The number of rotatable bonds is 4. The summed E-state index contributed by atoms with van der Waals surface area (Å²) in [5.41, 5.74) is 3.41. The lowest BCUT2D eigenvalue weighted by atomic mass is 10.1. The zero-order chi connectivity index (χ0) is 18.2. The maximum absolute atomic E-state index is 12.0. The number of anilines is 1. The van der Waals surface area contributed by atoms with E-state index < -0.39 is 0 Å². The number of ether oxygens (including phenoxy) is 1. The summed E-state index contributed by atoms with van der Waals surface area (Å²) in [6.45, 7) is 0.773. The zero-order valence-corrected chi connectivity index (χ0v) is 15.0. The number of pyridine rings is 2. The second kappa shape index (κ2) is 6.74. The quantitative estimate of drug-likeness (QED) is 0.767. The van der Waals surface area contributed by atoms with E-state index in [1.54, 1.807) is 12.4 Å². The fraction of sp³-hybridized carbons (Fsp3) is 0.400. The molecule has 2 fully saturated rings. The van der Waals surface area contributed by atoms with Crippen LogP contribution >= 0.6 is 0 Å². The molecule has 1 atom stereocenters. The fourth-order valence-corrected chi connectivity index (χ4v) is 3.48. The molecule has 1 saturated heterocycles. The SMILES string of the molecule is O=C(Nc1cncc(-c2cnc3c(cnn3C3CCCCO3)c2)c1)C1CC1. The molecule has 0 radical (unpaired) electrons. The molecule has 27 heavy (non-hydrogen) atoms. The minimum atomic E-state index is -0.0303. The van der Waals surface area contributed by atoms with Gasteiger partial charge in [0.05, 0.1) is 18.1 Å². The molecule has 1 unspecified atom stereocenters. The van der Waals surface area contributed by atoms with Crippen molar-refractivity contribution in [2.75, 3.05) is 11.9 Å². The molecule has 1 aliphatic carbocycles. The fourth-order valence-electron chi connectivity index (χ4n) is 3.48. The van der Waals surface area contributed by atoms with Crippen LogP contribution in [0.2, 0.25) is 0 Å². The average Bonchev–Trinajstić information content (AvgIpc) is 3.48. The van der Waals surface area contributed by atoms with Gasteiger partial charge >= 0.3 is 0 Å². The third kappa shape index (κ3) is 3.30. The Morgan fingerprint density at radius 1 is 1.07 bits per heavy atom. The first-order valence-electron chi connectivity index (χ1n) is 9.49. The highest BCUT2D eigenvalue weighted by atomic mass is 16.5. The minimum Gasteiger partial charge on any atom is -0.356 e. The lowest BCUT2D eigenvalue weighted by Crippen LogP contribution is -2.19. The van der Waals surface area contributed by atoms with E-state index in [2.05, 4.69) is 26.4 Å². The Kier molecular flexibility index (Phi) is 4.09. The summed E-state index contributed by atoms with van der Waals surface area (Å²) in [5, 5.41) is 8.40. The Balaban J connectivity index is 1.42. The van der Waals surface area contributed by atoms with E-state index >= 15 is 0 Å². The number of aromatic nitrogens is 4. The van der Waals surface area contributed by atoms with Crippen LogP contribution in [0, 0.1) is 5.92 Å². The standard InChI is InChI=1S/C20H21N5O2/c26-20(13-4-5-13)24-17-8-15(9-21-12-17)14-7-16-11-23-25(19(16)22-10-14)18-3-1-2-6-27-18/h7-13,18H,1-6H2,(H,24,26). The Bertz CT molecular complexity index is 989. The van der Waals surface area contributed by atoms with Gasteiger partial charge in [-0.2, -0.15) is 5.10 Å². The zero-order valence-electron chi connectivity index (χ0n) is 15.0. The van der Waals surface area contributed by atoms with Crippen molar-refractivity contribution in [2.45, 2.75) is 38.3 Å². The van der Waals surface area contributed by atoms with E-state index in [0.29, 0.717) is 0 Å². The van der Waals surface area contributed by atoms with Crippen LogP contribution in [0.3, 0.4) is 0 Å². The maximum Gasteiger partial charge on any atom is 0.227 e. The van der Waals surface area contributed by atoms with Crippen LogP contribution in [0.4, 0.5) is 5.69 Å². The van der Waals surface area contributed by atoms with Gasteiger partial charge in [0, 0.05) is 41.4 Å². The molecule has 1 saturated carbocycles. The molecule has 7 heteroatoms. The average molecular weight is 363 g/mol. The van der Waals surface area contributed by atoms with Crippen LogP contribution in [0.1, 0.15) is 38.3 Å². The van der Waals surface area contributed by atoms with Crippen LogP contribution in [0.5, 0.6) is 0 Å². The summed E-state index contributed by atoms with van der Waals surface area (Å²) in [4.78, 5) is 20.9. The topological polar surface area (TPSA) is 81.9 Å². The Hall–Kier alpha value is -2.80. The van der Waals surface area contributed by atoms with Crippen molar-refractivity contribution in [2.24, 2.45) is 5.92 Å². The van der Waals surface area contributed by atoms with E-state index in [0.717, 1.165) is 66.6 Å². The monoisotopic (exact) mass is 363 g/mol. The number of hydrogen-bond acceptors (Lipinski definition) is 5. The molecule has 5 rings (SSSR count). The highest BCUT2D eigenvalue weighted by Gasteiger charge is 2.29. The van der Waals surface area contributed by atoms with Gasteiger partial charge in [-0.1, -0.05) is 0 Å². The molecule has 4 heterocycles. The number of amides is 1. The molecule has 138 valence electrons. The lowest BCUT2D eigenvalue weighted by molar-refractivity contribution is -0.117. The summed E-state index contributed by atoms with van der Waals surface area (Å²) in [7, 11) is 0. The first-order chi connectivity index (χ1) is 13.3. The van der Waals surface area contributed by atoms with E-state index in [1.807, 2.05) is 23.1 Å². The molecule has 0 aromatic carbocycles. The van der Waals surface area contributed by atoms with Gasteiger partial charge in [0.25, 0.3) is 0 Å². The van der Waals surface area contributed by atoms with Crippen LogP contribution in [0.25, 0.3) is 22.2 Å². The summed E-state index contributed by atoms with van der Waals surface area (Å²) in [5.74, 6) is 0.246. The van der Waals surface area contributed by atoms with Crippen molar-refractivity contribution in [1.82, 2.24) is 19.7 Å². The van der Waals surface area contributed by atoms with Crippen molar-refractivity contribution >= 4 is 22.6 Å². The van der Waals surface area contributed by atoms with Crippen molar-refractivity contribution in [3.05, 3.63) is 36.9 Å². The molecule has 3 aromatic rings. The van der Waals surface area contributed by atoms with Gasteiger partial charge in [-0.3, -0.25) is 9.78 Å². The molecular formula is C20H21N5O2. The molecule has 2 aliphatic rings. The van der Waals surface area contributed by atoms with Crippen molar-refractivity contribution in [1.29, 1.82) is 0 Å². The third-order valence-corrected chi connectivity index (χ3v) is 5.15. The molecule has 1 N–H and O–H groups in total. The number of nitrogens with zero attached hydrogens (tertiary/aromatic N) is 4. The van der Waals surface area contributed by atoms with Crippen LogP contribution in [0.15, 0.2) is 36.9 Å². The molecule has 1 aliphatic heterocycles. The Labute approximate surface area is 156 Å². The largest absolute Gasteiger partial charge is 0.356 e. The predicted molar refractivity (Wildman–Crippen MR) is 101 cm³/mol. The molecule has 0 bridgehead atoms. The highest BCUT2D eigenvalue weighted by Crippen LogP contribution is 2.31.